The number of para-hydroxylation sites is 1. The number of nitrogens with zero attached hydrogens (tertiary/aromatic N) is 4. The van der Waals surface area contributed by atoms with Crippen molar-refractivity contribution in [2.45, 2.75) is 20.4 Å². The molecule has 0 atom stereocenters. The first kappa shape index (κ1) is 22.2. The van der Waals surface area contributed by atoms with Crippen molar-refractivity contribution in [1.29, 1.82) is 0 Å². The van der Waals surface area contributed by atoms with Gasteiger partial charge in [0.1, 0.15) is 10.8 Å². The van der Waals surface area contributed by atoms with Crippen molar-refractivity contribution in [3.8, 4) is 27.5 Å². The summed E-state index contributed by atoms with van der Waals surface area (Å²) in [5.74, 6) is 0.841. The summed E-state index contributed by atoms with van der Waals surface area (Å²) in [5, 5.41) is 12.5. The second kappa shape index (κ2) is 9.40. The maximum atomic E-state index is 4.93. The van der Waals surface area contributed by atoms with Gasteiger partial charge < -0.3 is 5.32 Å². The summed E-state index contributed by atoms with van der Waals surface area (Å²) < 4.78 is 1.93. The molecule has 0 spiro atoms. The Bertz CT molecular complexity index is 1630. The highest BCUT2D eigenvalue weighted by molar-refractivity contribution is 7.13. The Labute approximate surface area is 214 Å². The van der Waals surface area contributed by atoms with Crippen LogP contribution in [0.5, 0.6) is 0 Å². The zero-order valence-electron chi connectivity index (χ0n) is 20.1. The van der Waals surface area contributed by atoms with Crippen molar-refractivity contribution in [3.05, 3.63) is 113 Å². The SMILES string of the molecule is Cc1cc(NCc2ccc(-c3nc(-c4ccccc4)cs3)cc2)nc2c1c(C)nn2-c1ccccc1. The Balaban J connectivity index is 1.21. The minimum atomic E-state index is 0.684. The predicted molar refractivity (Wildman–Crippen MR) is 149 cm³/mol. The third-order valence-electron chi connectivity index (χ3n) is 6.26. The molecule has 0 aliphatic carbocycles. The van der Waals surface area contributed by atoms with Crippen LogP contribution < -0.4 is 5.32 Å². The number of aryl methyl sites for hydroxylation is 2. The molecule has 0 fully saturated rings. The molecule has 36 heavy (non-hydrogen) atoms. The van der Waals surface area contributed by atoms with Crippen LogP contribution in [0.2, 0.25) is 0 Å². The Hall–Kier alpha value is -4.29. The topological polar surface area (TPSA) is 55.6 Å². The largest absolute Gasteiger partial charge is 0.366 e. The van der Waals surface area contributed by atoms with Crippen LogP contribution in [0.25, 0.3) is 38.5 Å². The van der Waals surface area contributed by atoms with Crippen LogP contribution in [0, 0.1) is 13.8 Å². The number of benzene rings is 3. The van der Waals surface area contributed by atoms with Crippen molar-refractivity contribution in [2.24, 2.45) is 0 Å². The number of anilines is 1. The van der Waals surface area contributed by atoms with Crippen LogP contribution in [0.1, 0.15) is 16.8 Å². The van der Waals surface area contributed by atoms with Crippen molar-refractivity contribution < 1.29 is 0 Å². The molecule has 5 nitrogen and oxygen atoms in total. The van der Waals surface area contributed by atoms with Gasteiger partial charge in [-0.05, 0) is 43.2 Å². The summed E-state index contributed by atoms with van der Waals surface area (Å²) in [5.41, 5.74) is 8.50. The predicted octanol–water partition coefficient (Wildman–Crippen LogP) is 7.44. The molecule has 0 unspecified atom stereocenters. The van der Waals surface area contributed by atoms with Gasteiger partial charge in [0.2, 0.25) is 0 Å². The lowest BCUT2D eigenvalue weighted by Crippen LogP contribution is -2.04. The molecule has 176 valence electrons. The minimum absolute atomic E-state index is 0.684. The summed E-state index contributed by atoms with van der Waals surface area (Å²) in [6, 6.07) is 31.1. The fraction of sp³-hybridized carbons (Fsp3) is 0.100. The highest BCUT2D eigenvalue weighted by Gasteiger charge is 2.14. The van der Waals surface area contributed by atoms with E-state index in [2.05, 4.69) is 72.2 Å². The Morgan fingerprint density at radius 3 is 2.28 bits per heavy atom. The average Bonchev–Trinajstić information content (AvgIpc) is 3.54. The minimum Gasteiger partial charge on any atom is -0.366 e. The number of thiazole rings is 1. The zero-order valence-corrected chi connectivity index (χ0v) is 21.0. The summed E-state index contributed by atoms with van der Waals surface area (Å²) in [6.45, 7) is 4.84. The second-order valence-corrected chi connectivity index (χ2v) is 9.67. The van der Waals surface area contributed by atoms with Gasteiger partial charge in [0.05, 0.1) is 17.1 Å². The lowest BCUT2D eigenvalue weighted by molar-refractivity contribution is 0.877. The van der Waals surface area contributed by atoms with Crippen molar-refractivity contribution in [3.63, 3.8) is 0 Å². The second-order valence-electron chi connectivity index (χ2n) is 8.81. The van der Waals surface area contributed by atoms with Gasteiger partial charge in [0.25, 0.3) is 0 Å². The number of aromatic nitrogens is 4. The summed E-state index contributed by atoms with van der Waals surface area (Å²) in [6.07, 6.45) is 0. The molecule has 0 aliphatic heterocycles. The molecule has 0 aliphatic rings. The molecule has 6 heteroatoms. The van der Waals surface area contributed by atoms with Crippen LogP contribution in [0.15, 0.2) is 96.4 Å². The van der Waals surface area contributed by atoms with E-state index in [4.69, 9.17) is 15.1 Å². The zero-order chi connectivity index (χ0) is 24.5. The molecular formula is C30H25N5S. The Morgan fingerprint density at radius 1 is 0.806 bits per heavy atom. The third-order valence-corrected chi connectivity index (χ3v) is 7.15. The van der Waals surface area contributed by atoms with Gasteiger partial charge in [-0.1, -0.05) is 72.8 Å². The van der Waals surface area contributed by atoms with Gasteiger partial charge in [-0.15, -0.1) is 11.3 Å². The third kappa shape index (κ3) is 4.27. The number of nitrogens with one attached hydrogen (secondary N) is 1. The standard InChI is InChI=1S/C30H25N5S/c1-20-17-27(33-29-28(20)21(2)34-35(29)25-11-7-4-8-12-25)31-18-22-13-15-24(16-14-22)30-32-26(19-36-30)23-9-5-3-6-10-23/h3-17,19H,18H2,1-2H3,(H,31,33). The van der Waals surface area contributed by atoms with E-state index >= 15 is 0 Å². The Kier molecular flexibility index (Phi) is 5.79. The number of rotatable bonds is 6. The van der Waals surface area contributed by atoms with Gasteiger partial charge in [-0.2, -0.15) is 5.10 Å². The average molecular weight is 488 g/mol. The normalized spacial score (nSPS) is 11.2. The maximum Gasteiger partial charge on any atom is 0.165 e. The van der Waals surface area contributed by atoms with Crippen molar-refractivity contribution >= 4 is 28.2 Å². The maximum absolute atomic E-state index is 4.93. The molecule has 6 aromatic rings. The van der Waals surface area contributed by atoms with Gasteiger partial charge in [-0.25, -0.2) is 14.6 Å². The molecule has 0 amide bonds. The van der Waals surface area contributed by atoms with E-state index in [1.807, 2.05) is 48.0 Å². The van der Waals surface area contributed by atoms with Gasteiger partial charge in [0, 0.05) is 28.4 Å². The van der Waals surface area contributed by atoms with E-state index in [9.17, 15) is 0 Å². The van der Waals surface area contributed by atoms with Crippen molar-refractivity contribution in [1.82, 2.24) is 19.7 Å². The molecule has 1 N–H and O–H groups in total. The first-order valence-corrected chi connectivity index (χ1v) is 12.8. The van der Waals surface area contributed by atoms with E-state index < -0.39 is 0 Å². The highest BCUT2D eigenvalue weighted by Crippen LogP contribution is 2.29. The molecule has 3 aromatic carbocycles. The fourth-order valence-corrected chi connectivity index (χ4v) is 5.28. The van der Waals surface area contributed by atoms with Gasteiger partial charge >= 0.3 is 0 Å². The number of hydrogen-bond acceptors (Lipinski definition) is 5. The van der Waals surface area contributed by atoms with Crippen LogP contribution in [-0.2, 0) is 6.54 Å². The molecule has 0 saturated carbocycles. The molecule has 6 rings (SSSR count). The van der Waals surface area contributed by atoms with E-state index in [0.29, 0.717) is 6.54 Å². The number of hydrogen-bond donors (Lipinski definition) is 1. The molecule has 0 radical (unpaired) electrons. The lowest BCUT2D eigenvalue weighted by atomic mass is 10.1. The number of pyridine rings is 1. The fourth-order valence-electron chi connectivity index (χ4n) is 4.45. The summed E-state index contributed by atoms with van der Waals surface area (Å²) >= 11 is 1.67. The molecule has 3 heterocycles. The molecule has 0 saturated heterocycles. The monoisotopic (exact) mass is 487 g/mol. The van der Waals surface area contributed by atoms with E-state index in [0.717, 1.165) is 55.6 Å². The van der Waals surface area contributed by atoms with Crippen LogP contribution in [-0.4, -0.2) is 19.7 Å². The van der Waals surface area contributed by atoms with Gasteiger partial charge in [-0.3, -0.25) is 0 Å². The van der Waals surface area contributed by atoms with Gasteiger partial charge in [0.15, 0.2) is 5.65 Å². The smallest absolute Gasteiger partial charge is 0.165 e. The molecular weight excluding hydrogens is 462 g/mol. The lowest BCUT2D eigenvalue weighted by Gasteiger charge is -2.09. The summed E-state index contributed by atoms with van der Waals surface area (Å²) in [7, 11) is 0. The number of fused-ring (bicyclic) bond motifs is 1. The quantitative estimate of drug-likeness (QED) is 0.265. The van der Waals surface area contributed by atoms with E-state index in [1.165, 1.54) is 5.56 Å². The van der Waals surface area contributed by atoms with Crippen molar-refractivity contribution in [2.75, 3.05) is 5.32 Å². The Morgan fingerprint density at radius 2 is 1.53 bits per heavy atom. The van der Waals surface area contributed by atoms with Crippen LogP contribution >= 0.6 is 11.3 Å². The van der Waals surface area contributed by atoms with Crippen LogP contribution in [0.4, 0.5) is 5.82 Å². The van der Waals surface area contributed by atoms with E-state index in [1.54, 1.807) is 11.3 Å². The van der Waals surface area contributed by atoms with E-state index in [-0.39, 0.29) is 0 Å². The first-order valence-electron chi connectivity index (χ1n) is 11.9. The first-order chi connectivity index (χ1) is 17.7. The molecule has 3 aromatic heterocycles. The molecule has 0 bridgehead atoms. The van der Waals surface area contributed by atoms with Crippen LogP contribution in [0.3, 0.4) is 0 Å². The highest BCUT2D eigenvalue weighted by atomic mass is 32.1. The summed E-state index contributed by atoms with van der Waals surface area (Å²) in [4.78, 5) is 9.76.